The first kappa shape index (κ1) is 7.65. The van der Waals surface area contributed by atoms with Gasteiger partial charge in [-0.05, 0) is 0 Å². The Morgan fingerprint density at radius 3 is 2.43 bits per heavy atom. The summed E-state index contributed by atoms with van der Waals surface area (Å²) in [6.07, 6.45) is 1.36. The smallest absolute Gasteiger partial charge is 0.0270 e. The molecule has 7 heavy (non-hydrogen) atoms. The SMILES string of the molecule is CCC[Si](C)[Si][Si]. The molecule has 0 aromatic carbocycles. The average molecular weight is 142 g/mol. The molecule has 38 valence electrons. The normalized spacial score (nSPS) is 10.3. The molecule has 0 unspecified atom stereocenters. The van der Waals surface area contributed by atoms with Crippen LogP contribution in [0.2, 0.25) is 12.6 Å². The van der Waals surface area contributed by atoms with Crippen LogP contribution in [0.5, 0.6) is 0 Å². The van der Waals surface area contributed by atoms with Crippen LogP contribution in [-0.4, -0.2) is 26.6 Å². The Kier molecular flexibility index (Phi) is 5.25. The van der Waals surface area contributed by atoms with E-state index in [-0.39, 0.29) is 8.31 Å². The molecule has 0 rings (SSSR count). The molecule has 0 fully saturated rings. The molecule has 0 heterocycles. The van der Waals surface area contributed by atoms with Crippen molar-refractivity contribution in [3.63, 3.8) is 0 Å². The largest absolute Gasteiger partial charge is 0.0738 e. The minimum absolute atomic E-state index is 0.0615. The lowest BCUT2D eigenvalue weighted by atomic mass is 10.6. The zero-order valence-electron chi connectivity index (χ0n) is 4.91. The third-order valence-corrected chi connectivity index (χ3v) is 8.39. The van der Waals surface area contributed by atoms with Gasteiger partial charge in [0, 0.05) is 26.6 Å². The monoisotopic (exact) mass is 142 g/mol. The number of hydrogen-bond acceptors (Lipinski definition) is 0. The highest BCUT2D eigenvalue weighted by Gasteiger charge is 1.96. The lowest BCUT2D eigenvalue weighted by Gasteiger charge is -1.99. The summed E-state index contributed by atoms with van der Waals surface area (Å²) in [5, 5.41) is 0. The van der Waals surface area contributed by atoms with Gasteiger partial charge in [0.25, 0.3) is 0 Å². The molecule has 0 amide bonds. The van der Waals surface area contributed by atoms with Crippen LogP contribution < -0.4 is 0 Å². The summed E-state index contributed by atoms with van der Waals surface area (Å²) < 4.78 is 0. The van der Waals surface area contributed by atoms with Crippen LogP contribution in [0.3, 0.4) is 0 Å². The van der Waals surface area contributed by atoms with Crippen LogP contribution in [0, 0.1) is 0 Å². The summed E-state index contributed by atoms with van der Waals surface area (Å²) in [5.74, 6) is 0. The van der Waals surface area contributed by atoms with Crippen molar-refractivity contribution < 1.29 is 0 Å². The molecule has 6 radical (unpaired) electrons. The van der Waals surface area contributed by atoms with Crippen molar-refractivity contribution in [2.45, 2.75) is 25.9 Å². The topological polar surface area (TPSA) is 0 Å². The second kappa shape index (κ2) is 4.80. The molecule has 0 atom stereocenters. The van der Waals surface area contributed by atoms with Gasteiger partial charge in [-0.1, -0.05) is 25.9 Å². The minimum atomic E-state index is 0.0615. The predicted molar refractivity (Wildman–Crippen MR) is 38.2 cm³/mol. The molecule has 0 N–H and O–H groups in total. The Hall–Kier alpha value is 0.651. The van der Waals surface area contributed by atoms with Gasteiger partial charge in [-0.15, -0.1) is 0 Å². The van der Waals surface area contributed by atoms with Crippen LogP contribution in [0.25, 0.3) is 0 Å². The molecule has 0 spiro atoms. The van der Waals surface area contributed by atoms with Crippen molar-refractivity contribution in [2.75, 3.05) is 0 Å². The van der Waals surface area contributed by atoms with E-state index in [0.717, 1.165) is 8.55 Å². The molecule has 0 aliphatic heterocycles. The van der Waals surface area contributed by atoms with Crippen LogP contribution in [0.4, 0.5) is 0 Å². The molecular formula is C4H10Si3. The van der Waals surface area contributed by atoms with Crippen molar-refractivity contribution in [1.82, 2.24) is 0 Å². The van der Waals surface area contributed by atoms with Crippen LogP contribution >= 0.6 is 0 Å². The molecule has 0 saturated heterocycles. The van der Waals surface area contributed by atoms with E-state index in [1.807, 2.05) is 0 Å². The Morgan fingerprint density at radius 2 is 2.29 bits per heavy atom. The van der Waals surface area contributed by atoms with E-state index in [1.165, 1.54) is 12.5 Å². The van der Waals surface area contributed by atoms with E-state index in [0.29, 0.717) is 0 Å². The first-order valence-electron chi connectivity index (χ1n) is 2.56. The maximum atomic E-state index is 3.53. The second-order valence-corrected chi connectivity index (χ2v) is 9.53. The first-order chi connectivity index (χ1) is 3.31. The fourth-order valence-corrected chi connectivity index (χ4v) is 3.56. The highest BCUT2D eigenvalue weighted by Crippen LogP contribution is 1.91. The molecule has 0 aromatic rings. The Balaban J connectivity index is 2.83. The predicted octanol–water partition coefficient (Wildman–Crippen LogP) is 0.805. The van der Waals surface area contributed by atoms with Crippen molar-refractivity contribution in [1.29, 1.82) is 0 Å². The zero-order chi connectivity index (χ0) is 5.70. The van der Waals surface area contributed by atoms with Crippen LogP contribution in [0.15, 0.2) is 0 Å². The Morgan fingerprint density at radius 1 is 1.71 bits per heavy atom. The van der Waals surface area contributed by atoms with E-state index in [1.54, 1.807) is 0 Å². The highest BCUT2D eigenvalue weighted by molar-refractivity contribution is 7.31. The summed E-state index contributed by atoms with van der Waals surface area (Å²) in [6, 6.07) is 1.46. The Bertz CT molecular complexity index is 37.9. The van der Waals surface area contributed by atoms with Crippen molar-refractivity contribution >= 4 is 26.6 Å². The quantitative estimate of drug-likeness (QED) is 0.512. The van der Waals surface area contributed by atoms with Crippen molar-refractivity contribution in [2.24, 2.45) is 0 Å². The lowest BCUT2D eigenvalue weighted by molar-refractivity contribution is 1.07. The van der Waals surface area contributed by atoms with Gasteiger partial charge in [0.15, 0.2) is 0 Å². The van der Waals surface area contributed by atoms with Crippen LogP contribution in [-0.2, 0) is 0 Å². The van der Waals surface area contributed by atoms with E-state index in [4.69, 9.17) is 0 Å². The molecule has 0 bridgehead atoms. The fraction of sp³-hybridized carbons (Fsp3) is 1.00. The van der Waals surface area contributed by atoms with Crippen molar-refractivity contribution in [3.05, 3.63) is 0 Å². The molecular weight excluding hydrogens is 132 g/mol. The highest BCUT2D eigenvalue weighted by atomic mass is 29.5. The minimum Gasteiger partial charge on any atom is -0.0738 e. The fourth-order valence-electron chi connectivity index (χ4n) is 0.437. The van der Waals surface area contributed by atoms with Gasteiger partial charge >= 0.3 is 0 Å². The zero-order valence-corrected chi connectivity index (χ0v) is 7.91. The average Bonchev–Trinajstić information content (AvgIpc) is 1.68. The van der Waals surface area contributed by atoms with Crippen molar-refractivity contribution in [3.8, 4) is 0 Å². The second-order valence-electron chi connectivity index (χ2n) is 1.66. The summed E-state index contributed by atoms with van der Waals surface area (Å²) in [4.78, 5) is 0. The standard InChI is InChI=1S/C4H10Si3/c1-3-4-7(2)6-5/h3-4H2,1-2H3. The number of hydrogen-bond donors (Lipinski definition) is 0. The summed E-state index contributed by atoms with van der Waals surface area (Å²) in [6.45, 7) is 4.63. The lowest BCUT2D eigenvalue weighted by Crippen LogP contribution is -2.16. The van der Waals surface area contributed by atoms with Gasteiger partial charge in [-0.2, -0.15) is 0 Å². The van der Waals surface area contributed by atoms with Gasteiger partial charge in [-0.3, -0.25) is 0 Å². The van der Waals surface area contributed by atoms with Gasteiger partial charge in [-0.25, -0.2) is 0 Å². The third-order valence-electron chi connectivity index (χ3n) is 0.838. The molecule has 0 aliphatic carbocycles. The van der Waals surface area contributed by atoms with E-state index in [9.17, 15) is 0 Å². The molecule has 0 aliphatic rings. The Labute approximate surface area is 53.1 Å². The van der Waals surface area contributed by atoms with Gasteiger partial charge in [0.2, 0.25) is 0 Å². The molecule has 0 aromatic heterocycles. The van der Waals surface area contributed by atoms with Gasteiger partial charge in [0.1, 0.15) is 0 Å². The maximum absolute atomic E-state index is 3.53. The number of rotatable bonds is 3. The van der Waals surface area contributed by atoms with E-state index >= 15 is 0 Å². The van der Waals surface area contributed by atoms with E-state index < -0.39 is 0 Å². The van der Waals surface area contributed by atoms with Gasteiger partial charge in [0.05, 0.1) is 0 Å². The van der Waals surface area contributed by atoms with E-state index in [2.05, 4.69) is 23.2 Å². The molecule has 3 heteroatoms. The maximum Gasteiger partial charge on any atom is 0.0270 e. The van der Waals surface area contributed by atoms with Crippen LogP contribution in [0.1, 0.15) is 13.3 Å². The first-order valence-corrected chi connectivity index (χ1v) is 8.27. The summed E-state index contributed by atoms with van der Waals surface area (Å²) in [5.41, 5.74) is 0. The van der Waals surface area contributed by atoms with Gasteiger partial charge < -0.3 is 0 Å². The molecule has 0 nitrogen and oxygen atoms in total. The summed E-state index contributed by atoms with van der Waals surface area (Å²) in [7, 11) is 4.64. The summed E-state index contributed by atoms with van der Waals surface area (Å²) >= 11 is 0. The third kappa shape index (κ3) is 4.50. The molecule has 0 saturated carbocycles.